The van der Waals surface area contributed by atoms with Gasteiger partial charge in [-0.1, -0.05) is 92.2 Å². The summed E-state index contributed by atoms with van der Waals surface area (Å²) in [7, 11) is 0. The Labute approximate surface area is 170 Å². The van der Waals surface area contributed by atoms with E-state index in [1.54, 1.807) is 0 Å². The monoisotopic (exact) mass is 369 g/mol. The maximum absolute atomic E-state index is 4.72. The van der Waals surface area contributed by atoms with Gasteiger partial charge >= 0.3 is 0 Å². The number of hydrogen-bond donors (Lipinski definition) is 0. The lowest BCUT2D eigenvalue weighted by Gasteiger charge is -2.09. The molecule has 1 heteroatoms. The second-order valence-corrected chi connectivity index (χ2v) is 7.28. The van der Waals surface area contributed by atoms with Gasteiger partial charge in [0.05, 0.1) is 0 Å². The van der Waals surface area contributed by atoms with Crippen molar-refractivity contribution < 1.29 is 0 Å². The van der Waals surface area contributed by atoms with Crippen LogP contribution in [0.25, 0.3) is 11.1 Å². The summed E-state index contributed by atoms with van der Waals surface area (Å²) < 4.78 is 0. The Morgan fingerprint density at radius 3 is 1.79 bits per heavy atom. The number of aliphatic imine (C=N–C) groups is 1. The minimum atomic E-state index is 0.831. The largest absolute Gasteiger partial charge is 0.289 e. The Balaban J connectivity index is 1.63. The van der Waals surface area contributed by atoms with E-state index in [0.29, 0.717) is 0 Å². The van der Waals surface area contributed by atoms with E-state index in [0.717, 1.165) is 19.4 Å². The molecule has 0 aliphatic rings. The van der Waals surface area contributed by atoms with Crippen molar-refractivity contribution in [2.24, 2.45) is 4.99 Å². The highest BCUT2D eigenvalue weighted by Gasteiger charge is 2.05. The molecule has 0 aromatic heterocycles. The summed E-state index contributed by atoms with van der Waals surface area (Å²) >= 11 is 0. The fraction of sp³-hybridized carbons (Fsp3) is 0.296. The third kappa shape index (κ3) is 5.66. The van der Waals surface area contributed by atoms with Crippen molar-refractivity contribution in [3.05, 3.63) is 95.6 Å². The Morgan fingerprint density at radius 2 is 1.25 bits per heavy atom. The molecule has 0 saturated heterocycles. The van der Waals surface area contributed by atoms with Gasteiger partial charge in [-0.15, -0.1) is 0 Å². The van der Waals surface area contributed by atoms with Crippen LogP contribution in [0, 0.1) is 0 Å². The molecule has 0 heterocycles. The van der Waals surface area contributed by atoms with Crippen LogP contribution in [-0.4, -0.2) is 12.3 Å². The molecule has 0 atom stereocenters. The predicted octanol–water partition coefficient (Wildman–Crippen LogP) is 7.14. The van der Waals surface area contributed by atoms with Gasteiger partial charge in [-0.3, -0.25) is 4.99 Å². The second kappa shape index (κ2) is 10.6. The van der Waals surface area contributed by atoms with E-state index in [1.165, 1.54) is 52.8 Å². The van der Waals surface area contributed by atoms with Crippen LogP contribution in [0.1, 0.15) is 49.8 Å². The van der Waals surface area contributed by atoms with E-state index in [4.69, 9.17) is 4.99 Å². The molecule has 0 unspecified atom stereocenters. The van der Waals surface area contributed by atoms with Gasteiger partial charge in [-0.25, -0.2) is 0 Å². The van der Waals surface area contributed by atoms with E-state index in [2.05, 4.69) is 92.7 Å². The number of benzene rings is 3. The van der Waals surface area contributed by atoms with Gasteiger partial charge in [-0.05, 0) is 60.4 Å². The normalized spacial score (nSPS) is 11.6. The van der Waals surface area contributed by atoms with Crippen LogP contribution in [0.15, 0.2) is 83.9 Å². The summed E-state index contributed by atoms with van der Waals surface area (Å²) in [6.45, 7) is 5.18. The standard InChI is InChI=1S/C27H31N/c1-3-5-9-22-12-17-24(18-13-22)25-19-14-23(15-20-25)16-21-27(28-4-2)26-10-7-6-8-11-26/h6-8,10-15,17-20H,3-5,9,16,21H2,1-2H3. The number of aryl methyl sites for hydroxylation is 2. The van der Waals surface area contributed by atoms with Crippen LogP contribution in [0.2, 0.25) is 0 Å². The van der Waals surface area contributed by atoms with E-state index in [9.17, 15) is 0 Å². The van der Waals surface area contributed by atoms with E-state index in [-0.39, 0.29) is 0 Å². The first-order valence-corrected chi connectivity index (χ1v) is 10.6. The molecule has 0 N–H and O–H groups in total. The maximum atomic E-state index is 4.72. The minimum absolute atomic E-state index is 0.831. The summed E-state index contributed by atoms with van der Waals surface area (Å²) in [5.74, 6) is 0. The third-order valence-electron chi connectivity index (χ3n) is 5.17. The van der Waals surface area contributed by atoms with Gasteiger partial charge in [-0.2, -0.15) is 0 Å². The summed E-state index contributed by atoms with van der Waals surface area (Å²) in [5, 5.41) is 0. The van der Waals surface area contributed by atoms with Gasteiger partial charge in [0.25, 0.3) is 0 Å². The SMILES string of the molecule is CCCCc1ccc(-c2ccc(CCC(=NCC)c3ccccc3)cc2)cc1. The average Bonchev–Trinajstić information content (AvgIpc) is 2.76. The molecule has 3 aromatic rings. The van der Waals surface area contributed by atoms with Gasteiger partial charge in [0, 0.05) is 12.3 Å². The van der Waals surface area contributed by atoms with Crippen LogP contribution in [0.3, 0.4) is 0 Å². The highest BCUT2D eigenvalue weighted by atomic mass is 14.7. The summed E-state index contributed by atoms with van der Waals surface area (Å²) in [6.07, 6.45) is 5.69. The topological polar surface area (TPSA) is 12.4 Å². The van der Waals surface area contributed by atoms with E-state index in [1.807, 2.05) is 0 Å². The average molecular weight is 370 g/mol. The summed E-state index contributed by atoms with van der Waals surface area (Å²) in [5.41, 5.74) is 7.83. The Hall–Kier alpha value is -2.67. The zero-order chi connectivity index (χ0) is 19.6. The fourth-order valence-electron chi connectivity index (χ4n) is 3.51. The van der Waals surface area contributed by atoms with Crippen LogP contribution in [-0.2, 0) is 12.8 Å². The fourth-order valence-corrected chi connectivity index (χ4v) is 3.51. The molecule has 3 rings (SSSR count). The zero-order valence-corrected chi connectivity index (χ0v) is 17.2. The minimum Gasteiger partial charge on any atom is -0.289 e. The van der Waals surface area contributed by atoms with Crippen LogP contribution in [0.5, 0.6) is 0 Å². The zero-order valence-electron chi connectivity index (χ0n) is 17.2. The molecule has 144 valence electrons. The molecule has 28 heavy (non-hydrogen) atoms. The van der Waals surface area contributed by atoms with Crippen molar-refractivity contribution in [1.82, 2.24) is 0 Å². The molecule has 0 radical (unpaired) electrons. The quantitative estimate of drug-likeness (QED) is 0.355. The van der Waals surface area contributed by atoms with Crippen LogP contribution in [0.4, 0.5) is 0 Å². The molecule has 0 aliphatic carbocycles. The van der Waals surface area contributed by atoms with Crippen LogP contribution >= 0.6 is 0 Å². The first-order valence-electron chi connectivity index (χ1n) is 10.6. The number of hydrogen-bond acceptors (Lipinski definition) is 1. The molecule has 0 amide bonds. The Kier molecular flexibility index (Phi) is 7.61. The van der Waals surface area contributed by atoms with Gasteiger partial charge in [0.2, 0.25) is 0 Å². The van der Waals surface area contributed by atoms with Gasteiger partial charge in [0.1, 0.15) is 0 Å². The lowest BCUT2D eigenvalue weighted by Crippen LogP contribution is -2.03. The first kappa shape index (κ1) is 20.1. The molecule has 0 fully saturated rings. The van der Waals surface area contributed by atoms with Crippen LogP contribution < -0.4 is 0 Å². The van der Waals surface area contributed by atoms with Gasteiger partial charge in [0.15, 0.2) is 0 Å². The molecule has 0 saturated carbocycles. The lowest BCUT2D eigenvalue weighted by molar-refractivity contribution is 0.795. The van der Waals surface area contributed by atoms with Crippen molar-refractivity contribution in [2.45, 2.75) is 46.0 Å². The first-order chi connectivity index (χ1) is 13.8. The van der Waals surface area contributed by atoms with Gasteiger partial charge < -0.3 is 0 Å². The van der Waals surface area contributed by atoms with Crippen molar-refractivity contribution >= 4 is 5.71 Å². The highest BCUT2D eigenvalue weighted by Crippen LogP contribution is 2.22. The van der Waals surface area contributed by atoms with Crippen molar-refractivity contribution in [3.63, 3.8) is 0 Å². The van der Waals surface area contributed by atoms with Crippen molar-refractivity contribution in [1.29, 1.82) is 0 Å². The molecular weight excluding hydrogens is 338 g/mol. The highest BCUT2D eigenvalue weighted by molar-refractivity contribution is 6.00. The Bertz CT molecular complexity index is 858. The maximum Gasteiger partial charge on any atom is 0.0423 e. The van der Waals surface area contributed by atoms with E-state index < -0.39 is 0 Å². The molecule has 3 aromatic carbocycles. The number of nitrogens with zero attached hydrogens (tertiary/aromatic N) is 1. The number of unbranched alkanes of at least 4 members (excludes halogenated alkanes) is 1. The third-order valence-corrected chi connectivity index (χ3v) is 5.17. The summed E-state index contributed by atoms with van der Waals surface area (Å²) in [6, 6.07) is 28.6. The number of rotatable bonds is 9. The Morgan fingerprint density at radius 1 is 0.679 bits per heavy atom. The summed E-state index contributed by atoms with van der Waals surface area (Å²) in [4.78, 5) is 4.72. The smallest absolute Gasteiger partial charge is 0.0423 e. The molecule has 1 nitrogen and oxygen atoms in total. The molecule has 0 bridgehead atoms. The molecular formula is C27H31N. The van der Waals surface area contributed by atoms with Crippen molar-refractivity contribution in [3.8, 4) is 11.1 Å². The second-order valence-electron chi connectivity index (χ2n) is 7.28. The lowest BCUT2D eigenvalue weighted by atomic mass is 9.98. The predicted molar refractivity (Wildman–Crippen MR) is 122 cm³/mol. The van der Waals surface area contributed by atoms with E-state index >= 15 is 0 Å². The molecule has 0 aliphatic heterocycles. The molecule has 0 spiro atoms. The van der Waals surface area contributed by atoms with Crippen molar-refractivity contribution in [2.75, 3.05) is 6.54 Å².